The molecule has 61 valence electrons. The zero-order chi connectivity index (χ0) is 9.54. The van der Waals surface area contributed by atoms with Crippen LogP contribution in [-0.4, -0.2) is 0 Å². The van der Waals surface area contributed by atoms with Crippen molar-refractivity contribution in [3.8, 4) is 0 Å². The van der Waals surface area contributed by atoms with Gasteiger partial charge >= 0.3 is 63.5 Å². The first-order valence-electron chi connectivity index (χ1n) is 2.28. The third-order valence-corrected chi connectivity index (χ3v) is 0.556. The first-order valence-corrected chi connectivity index (χ1v) is 2.28. The molecule has 0 saturated carbocycles. The van der Waals surface area contributed by atoms with Crippen LogP contribution in [0.4, 0.5) is 0 Å². The minimum Gasteiger partial charge on any atom is -0.0767 e. The Morgan fingerprint density at radius 3 is 0.923 bits per heavy atom. The van der Waals surface area contributed by atoms with E-state index in [1.54, 1.807) is 0 Å². The van der Waals surface area contributed by atoms with E-state index in [1.807, 2.05) is 30.7 Å². The quantitative estimate of drug-likeness (QED) is 0.283. The van der Waals surface area contributed by atoms with Crippen molar-refractivity contribution < 1.29 is 64.6 Å². The Labute approximate surface area is 114 Å². The van der Waals surface area contributed by atoms with Gasteiger partial charge in [-0.1, -0.05) is 24.3 Å². The number of hydrogen-bond acceptors (Lipinski definition) is 0. The summed E-state index contributed by atoms with van der Waals surface area (Å²) in [6.45, 7) is 13.5. The Morgan fingerprint density at radius 1 is 0.615 bits per heavy atom. The van der Waals surface area contributed by atoms with Crippen LogP contribution in [0.1, 0.15) is 0 Å². The fourth-order valence-corrected chi connectivity index (χ4v) is 0.321. The molecule has 0 aromatic heterocycles. The maximum Gasteiger partial charge on any atom is 1.00 e. The van der Waals surface area contributed by atoms with Gasteiger partial charge in [0, 0.05) is 27.5 Å². The third kappa shape index (κ3) is 46.0. The monoisotopic (exact) mass is 270 g/mol. The van der Waals surface area contributed by atoms with Crippen LogP contribution in [0.2, 0.25) is 0 Å². The van der Waals surface area contributed by atoms with Gasteiger partial charge in [-0.15, -0.1) is 0 Å². The molecule has 0 bridgehead atoms. The molecule has 1 radical (unpaired) electrons. The zero-order valence-corrected chi connectivity index (χ0v) is 11.0. The molecular weight excluding hydrogens is 263 g/mol. The molecule has 0 N–H and O–H groups in total. The van der Waals surface area contributed by atoms with E-state index in [0.29, 0.717) is 0 Å². The fraction of sp³-hybridized carbons (Fsp3) is 0. The second-order valence-corrected chi connectivity index (χ2v) is 0.962. The molecule has 13 heavy (non-hydrogen) atoms. The average Bonchev–Trinajstić information content (AvgIpc) is 2.71. The second kappa shape index (κ2) is 55.3. The number of rotatable bonds is 0. The molecule has 3 nitrogen and oxygen atoms in total. The molecule has 5 heteroatoms. The van der Waals surface area contributed by atoms with Crippen molar-refractivity contribution in [2.75, 3.05) is 0 Å². The van der Waals surface area contributed by atoms with E-state index < -0.39 is 0 Å². The molecule has 0 fully saturated rings. The van der Waals surface area contributed by atoms with Crippen molar-refractivity contribution in [2.24, 2.45) is 0 Å². The van der Waals surface area contributed by atoms with Crippen LogP contribution in [0, 0.1) is 26.4 Å². The van der Waals surface area contributed by atoms with Crippen molar-refractivity contribution in [1.82, 2.24) is 0 Å². The summed E-state index contributed by atoms with van der Waals surface area (Å²) in [6.07, 6.45) is 10.0. The van der Waals surface area contributed by atoms with Crippen LogP contribution in [0.3, 0.4) is 0 Å². The van der Waals surface area contributed by atoms with Crippen LogP contribution in [0.5, 0.6) is 0 Å². The SMILES string of the molecule is [C-]#[O+].[C-]#[O+].[C-]#[O+].[CH]1C=CC=C1.[Mo].[Na+]. The maximum absolute atomic E-state index is 7.50. The van der Waals surface area contributed by atoms with Gasteiger partial charge in [0.2, 0.25) is 0 Å². The van der Waals surface area contributed by atoms with Crippen LogP contribution in [0.25, 0.3) is 0 Å². The third-order valence-electron chi connectivity index (χ3n) is 0.556. The Morgan fingerprint density at radius 2 is 0.846 bits per heavy atom. The van der Waals surface area contributed by atoms with Crippen molar-refractivity contribution in [1.29, 1.82) is 0 Å². The summed E-state index contributed by atoms with van der Waals surface area (Å²) in [7, 11) is 0. The number of allylic oxidation sites excluding steroid dienone is 4. The fourth-order valence-electron chi connectivity index (χ4n) is 0.321. The Balaban J connectivity index is -0.0000000239. The van der Waals surface area contributed by atoms with E-state index in [0.717, 1.165) is 0 Å². The summed E-state index contributed by atoms with van der Waals surface area (Å²) in [6, 6.07) is 0. The van der Waals surface area contributed by atoms with Gasteiger partial charge in [-0.2, -0.15) is 0 Å². The molecule has 0 aromatic carbocycles. The predicted molar refractivity (Wildman–Crippen MR) is 34.4 cm³/mol. The van der Waals surface area contributed by atoms with E-state index in [-0.39, 0.29) is 50.6 Å². The largest absolute Gasteiger partial charge is 1.00 e. The summed E-state index contributed by atoms with van der Waals surface area (Å²) >= 11 is 0. The molecule has 1 aliphatic rings. The van der Waals surface area contributed by atoms with Gasteiger partial charge in [0.25, 0.3) is 0 Å². The van der Waals surface area contributed by atoms with Gasteiger partial charge in [-0.3, -0.25) is 0 Å². The number of hydrogen-bond donors (Lipinski definition) is 0. The molecule has 0 amide bonds. The predicted octanol–water partition coefficient (Wildman–Crippen LogP) is -1.79. The average molecular weight is 268 g/mol. The summed E-state index contributed by atoms with van der Waals surface area (Å²) < 4.78 is 22.5. The van der Waals surface area contributed by atoms with Crippen LogP contribution < -0.4 is 29.6 Å². The van der Waals surface area contributed by atoms with Gasteiger partial charge in [0.05, 0.1) is 0 Å². The first kappa shape index (κ1) is 29.2. The molecule has 0 aliphatic heterocycles. The van der Waals surface area contributed by atoms with Crippen LogP contribution in [0.15, 0.2) is 24.3 Å². The topological polar surface area (TPSA) is 59.7 Å². The van der Waals surface area contributed by atoms with Gasteiger partial charge in [-0.25, -0.2) is 0 Å². The van der Waals surface area contributed by atoms with E-state index in [4.69, 9.17) is 14.0 Å². The Bertz CT molecular complexity index is 146. The normalized spacial score (nSPS) is 7.23. The van der Waals surface area contributed by atoms with Crippen molar-refractivity contribution in [2.45, 2.75) is 0 Å². The van der Waals surface area contributed by atoms with Gasteiger partial charge in [-0.05, 0) is 0 Å². The second-order valence-electron chi connectivity index (χ2n) is 0.962. The summed E-state index contributed by atoms with van der Waals surface area (Å²) in [5.41, 5.74) is 0. The molecule has 1 aliphatic carbocycles. The van der Waals surface area contributed by atoms with Crippen molar-refractivity contribution in [3.63, 3.8) is 0 Å². The van der Waals surface area contributed by atoms with Crippen molar-refractivity contribution in [3.05, 3.63) is 50.7 Å². The van der Waals surface area contributed by atoms with Crippen LogP contribution >= 0.6 is 0 Å². The van der Waals surface area contributed by atoms with E-state index >= 15 is 0 Å². The minimum absolute atomic E-state index is 0. The van der Waals surface area contributed by atoms with Gasteiger partial charge in [0.1, 0.15) is 0 Å². The van der Waals surface area contributed by atoms with Gasteiger partial charge in [0.15, 0.2) is 0 Å². The Kier molecular flexibility index (Phi) is 124. The minimum atomic E-state index is 0. The van der Waals surface area contributed by atoms with E-state index in [1.165, 1.54) is 0 Å². The summed E-state index contributed by atoms with van der Waals surface area (Å²) in [4.78, 5) is 0. The smallest absolute Gasteiger partial charge is 0.0767 e. The zero-order valence-electron chi connectivity index (χ0n) is 7.02. The first-order chi connectivity index (χ1) is 5.50. The molecule has 0 spiro atoms. The summed E-state index contributed by atoms with van der Waals surface area (Å²) in [5, 5.41) is 0. The molecular formula is C8H5MoNaO3+. The summed E-state index contributed by atoms with van der Waals surface area (Å²) in [5.74, 6) is 0. The molecule has 0 atom stereocenters. The molecule has 1 rings (SSSR count). The molecule has 0 saturated heterocycles. The molecule has 0 aromatic rings. The maximum atomic E-state index is 7.50. The van der Waals surface area contributed by atoms with E-state index in [2.05, 4.69) is 20.0 Å². The van der Waals surface area contributed by atoms with Crippen LogP contribution in [-0.2, 0) is 35.0 Å². The van der Waals surface area contributed by atoms with E-state index in [9.17, 15) is 0 Å². The molecule has 0 heterocycles. The van der Waals surface area contributed by atoms with Gasteiger partial charge < -0.3 is 0 Å². The standard InChI is InChI=1S/C5H5.3CO.Mo.Na/c1-2-4-5-3-1;3*1-2;;/h1-5H;;;;;/q;;;;;+1. The van der Waals surface area contributed by atoms with Crippen molar-refractivity contribution >= 4 is 0 Å². The Hall–Kier alpha value is 0.388. The molecule has 0 unspecified atom stereocenters.